The van der Waals surface area contributed by atoms with Gasteiger partial charge in [0, 0.05) is 19.8 Å². The Balaban J connectivity index is 1.77. The fourth-order valence-electron chi connectivity index (χ4n) is 2.26. The van der Waals surface area contributed by atoms with E-state index in [4.69, 9.17) is 21.1 Å². The molecule has 1 aromatic carbocycles. The minimum Gasteiger partial charge on any atom is -0.454 e. The highest BCUT2D eigenvalue weighted by Crippen LogP contribution is 2.39. The first-order valence-electron chi connectivity index (χ1n) is 6.51. The molecule has 3 rings (SSSR count). The Kier molecular flexibility index (Phi) is 3.44. The summed E-state index contributed by atoms with van der Waals surface area (Å²) in [6, 6.07) is 3.84. The number of anilines is 1. The van der Waals surface area contributed by atoms with Gasteiger partial charge in [0.1, 0.15) is 0 Å². The van der Waals surface area contributed by atoms with Crippen molar-refractivity contribution in [2.75, 3.05) is 12.1 Å². The Morgan fingerprint density at radius 1 is 1.40 bits per heavy atom. The van der Waals surface area contributed by atoms with Crippen LogP contribution in [0.15, 0.2) is 18.3 Å². The number of benzene rings is 1. The number of hydrogen-bond donors (Lipinski definition) is 1. The number of ether oxygens (including phenoxy) is 2. The monoisotopic (exact) mass is 293 g/mol. The summed E-state index contributed by atoms with van der Waals surface area (Å²) in [4.78, 5) is 0. The molecule has 1 aromatic heterocycles. The second-order valence-electron chi connectivity index (χ2n) is 4.68. The van der Waals surface area contributed by atoms with Crippen LogP contribution in [0.4, 0.5) is 5.69 Å². The molecule has 0 radical (unpaired) electrons. The van der Waals surface area contributed by atoms with Gasteiger partial charge in [-0.15, -0.1) is 0 Å². The van der Waals surface area contributed by atoms with Crippen LogP contribution in [0.1, 0.15) is 18.2 Å². The van der Waals surface area contributed by atoms with Crippen LogP contribution in [0.3, 0.4) is 0 Å². The van der Waals surface area contributed by atoms with Crippen molar-refractivity contribution in [3.8, 4) is 11.5 Å². The lowest BCUT2D eigenvalue weighted by molar-refractivity contribution is 0.174. The minimum atomic E-state index is 0.231. The van der Waals surface area contributed by atoms with Crippen LogP contribution >= 0.6 is 11.6 Å². The van der Waals surface area contributed by atoms with E-state index in [1.165, 1.54) is 0 Å². The Morgan fingerprint density at radius 2 is 2.25 bits per heavy atom. The highest BCUT2D eigenvalue weighted by atomic mass is 35.5. The first kappa shape index (κ1) is 13.1. The summed E-state index contributed by atoms with van der Waals surface area (Å²) in [5, 5.41) is 8.36. The van der Waals surface area contributed by atoms with Gasteiger partial charge >= 0.3 is 0 Å². The van der Waals surface area contributed by atoms with E-state index in [1.807, 2.05) is 30.1 Å². The Labute approximate surface area is 122 Å². The summed E-state index contributed by atoms with van der Waals surface area (Å²) in [6.45, 7) is 2.98. The van der Waals surface area contributed by atoms with Crippen molar-refractivity contribution in [1.82, 2.24) is 9.78 Å². The van der Waals surface area contributed by atoms with Crippen molar-refractivity contribution in [3.05, 3.63) is 34.6 Å². The van der Waals surface area contributed by atoms with E-state index in [9.17, 15) is 0 Å². The maximum atomic E-state index is 6.17. The van der Waals surface area contributed by atoms with Gasteiger partial charge in [0.2, 0.25) is 6.79 Å². The lowest BCUT2D eigenvalue weighted by Crippen LogP contribution is -2.01. The van der Waals surface area contributed by atoms with Gasteiger partial charge in [-0.25, -0.2) is 0 Å². The Bertz CT molecular complexity index is 640. The first-order valence-corrected chi connectivity index (χ1v) is 6.89. The second kappa shape index (κ2) is 5.25. The molecule has 2 aromatic rings. The highest BCUT2D eigenvalue weighted by molar-refractivity contribution is 6.32. The fraction of sp³-hybridized carbons (Fsp3) is 0.357. The number of aryl methyl sites for hydroxylation is 2. The molecule has 0 atom stereocenters. The standard InChI is InChI=1S/C14H16ClN3O2/c1-3-11-12(7-18(2)17-11)16-6-9-4-10(15)14-13(5-9)19-8-20-14/h4-5,7,16H,3,6,8H2,1-2H3. The Hall–Kier alpha value is -1.88. The summed E-state index contributed by atoms with van der Waals surface area (Å²) < 4.78 is 12.5. The number of hydrogen-bond acceptors (Lipinski definition) is 4. The molecule has 0 fully saturated rings. The summed E-state index contributed by atoms with van der Waals surface area (Å²) in [7, 11) is 1.92. The van der Waals surface area contributed by atoms with Crippen LogP contribution in [-0.2, 0) is 20.0 Å². The van der Waals surface area contributed by atoms with E-state index in [2.05, 4.69) is 17.3 Å². The van der Waals surface area contributed by atoms with Gasteiger partial charge in [-0.1, -0.05) is 18.5 Å². The van der Waals surface area contributed by atoms with Gasteiger partial charge in [0.15, 0.2) is 11.5 Å². The molecular weight excluding hydrogens is 278 g/mol. The molecule has 5 nitrogen and oxygen atoms in total. The smallest absolute Gasteiger partial charge is 0.231 e. The first-order chi connectivity index (χ1) is 9.67. The number of nitrogens with one attached hydrogen (secondary N) is 1. The largest absolute Gasteiger partial charge is 0.454 e. The normalized spacial score (nSPS) is 12.8. The third kappa shape index (κ3) is 2.41. The molecule has 0 saturated heterocycles. The van der Waals surface area contributed by atoms with Crippen molar-refractivity contribution in [3.63, 3.8) is 0 Å². The second-order valence-corrected chi connectivity index (χ2v) is 5.09. The zero-order valence-electron chi connectivity index (χ0n) is 11.4. The quantitative estimate of drug-likeness (QED) is 0.941. The van der Waals surface area contributed by atoms with Crippen LogP contribution in [0.25, 0.3) is 0 Å². The summed E-state index contributed by atoms with van der Waals surface area (Å²) in [5.41, 5.74) is 3.15. The van der Waals surface area contributed by atoms with E-state index < -0.39 is 0 Å². The predicted octanol–water partition coefficient (Wildman–Crippen LogP) is 2.98. The number of aromatic nitrogens is 2. The van der Waals surface area contributed by atoms with Gasteiger partial charge in [-0.3, -0.25) is 4.68 Å². The predicted molar refractivity (Wildman–Crippen MR) is 77.5 cm³/mol. The topological polar surface area (TPSA) is 48.3 Å². The molecule has 0 saturated carbocycles. The van der Waals surface area contributed by atoms with Gasteiger partial charge in [-0.2, -0.15) is 5.10 Å². The van der Waals surface area contributed by atoms with Crippen molar-refractivity contribution in [1.29, 1.82) is 0 Å². The maximum Gasteiger partial charge on any atom is 0.231 e. The van der Waals surface area contributed by atoms with Crippen LogP contribution in [-0.4, -0.2) is 16.6 Å². The molecule has 0 spiro atoms. The molecule has 0 unspecified atom stereocenters. The number of fused-ring (bicyclic) bond motifs is 1. The maximum absolute atomic E-state index is 6.17. The summed E-state index contributed by atoms with van der Waals surface area (Å²) >= 11 is 6.17. The molecule has 1 aliphatic rings. The molecule has 0 aliphatic carbocycles. The molecule has 0 bridgehead atoms. The van der Waals surface area contributed by atoms with Gasteiger partial charge < -0.3 is 14.8 Å². The minimum absolute atomic E-state index is 0.231. The van der Waals surface area contributed by atoms with Crippen molar-refractivity contribution in [2.24, 2.45) is 7.05 Å². The molecule has 20 heavy (non-hydrogen) atoms. The molecule has 1 aliphatic heterocycles. The fourth-order valence-corrected chi connectivity index (χ4v) is 2.55. The van der Waals surface area contributed by atoms with Crippen LogP contribution in [0.5, 0.6) is 11.5 Å². The van der Waals surface area contributed by atoms with E-state index in [-0.39, 0.29) is 6.79 Å². The lowest BCUT2D eigenvalue weighted by atomic mass is 10.2. The van der Waals surface area contributed by atoms with Gasteiger partial charge in [-0.05, 0) is 24.1 Å². The highest BCUT2D eigenvalue weighted by Gasteiger charge is 2.18. The zero-order chi connectivity index (χ0) is 14.1. The Morgan fingerprint density at radius 3 is 3.05 bits per heavy atom. The molecule has 0 amide bonds. The van der Waals surface area contributed by atoms with Gasteiger partial charge in [0.25, 0.3) is 0 Å². The van der Waals surface area contributed by atoms with Crippen molar-refractivity contribution < 1.29 is 9.47 Å². The van der Waals surface area contributed by atoms with E-state index in [0.717, 1.165) is 23.4 Å². The third-order valence-corrected chi connectivity index (χ3v) is 3.49. The molecule has 6 heteroatoms. The van der Waals surface area contributed by atoms with E-state index in [0.29, 0.717) is 23.1 Å². The molecule has 2 heterocycles. The number of rotatable bonds is 4. The summed E-state index contributed by atoms with van der Waals surface area (Å²) in [6.07, 6.45) is 2.87. The number of halogens is 1. The van der Waals surface area contributed by atoms with Crippen LogP contribution in [0, 0.1) is 0 Å². The van der Waals surface area contributed by atoms with E-state index >= 15 is 0 Å². The SMILES string of the molecule is CCc1nn(C)cc1NCc1cc(Cl)c2c(c1)OCO2. The lowest BCUT2D eigenvalue weighted by Gasteiger charge is -2.07. The average molecular weight is 294 g/mol. The van der Waals surface area contributed by atoms with Crippen molar-refractivity contribution in [2.45, 2.75) is 19.9 Å². The molecular formula is C14H16ClN3O2. The van der Waals surface area contributed by atoms with E-state index in [1.54, 1.807) is 0 Å². The van der Waals surface area contributed by atoms with Gasteiger partial charge in [0.05, 0.1) is 16.4 Å². The number of nitrogens with zero attached hydrogens (tertiary/aromatic N) is 2. The third-order valence-electron chi connectivity index (χ3n) is 3.21. The van der Waals surface area contributed by atoms with Crippen molar-refractivity contribution >= 4 is 17.3 Å². The molecule has 106 valence electrons. The average Bonchev–Trinajstić information content (AvgIpc) is 3.02. The zero-order valence-corrected chi connectivity index (χ0v) is 12.2. The molecule has 1 N–H and O–H groups in total. The van der Waals surface area contributed by atoms with Crippen LogP contribution < -0.4 is 14.8 Å². The van der Waals surface area contributed by atoms with Crippen LogP contribution in [0.2, 0.25) is 5.02 Å². The summed E-state index contributed by atoms with van der Waals surface area (Å²) in [5.74, 6) is 1.34.